The number of phenols is 3. The number of aryl methyl sites for hydroxylation is 1. The summed E-state index contributed by atoms with van der Waals surface area (Å²) < 4.78 is 0. The Hall–Kier alpha value is -2.89. The van der Waals surface area contributed by atoms with E-state index >= 15 is 0 Å². The Bertz CT molecular complexity index is 675. The molecule has 0 spiro atoms. The molecule has 2 aromatic rings. The van der Waals surface area contributed by atoms with Gasteiger partial charge in [0.1, 0.15) is 0 Å². The highest BCUT2D eigenvalue weighted by Crippen LogP contribution is 2.37. The van der Waals surface area contributed by atoms with E-state index in [0.717, 1.165) is 24.1 Å². The number of hydrogen-bond donors (Lipinski definition) is 5. The molecule has 0 aliphatic carbocycles. The van der Waals surface area contributed by atoms with Crippen molar-refractivity contribution < 1.29 is 20.1 Å². The SMILES string of the molecule is CCc1ccc(C(C)NC(=O)Nc2cc(O)c(O)c(O)c2)cc1. The molecule has 2 rings (SSSR count). The molecule has 6 heteroatoms. The Kier molecular flexibility index (Phi) is 4.95. The second-order valence-electron chi connectivity index (χ2n) is 5.28. The number of hydrogen-bond acceptors (Lipinski definition) is 4. The lowest BCUT2D eigenvalue weighted by molar-refractivity contribution is 0.249. The zero-order valence-corrected chi connectivity index (χ0v) is 13.0. The van der Waals surface area contributed by atoms with Crippen molar-refractivity contribution in [2.45, 2.75) is 26.3 Å². The number of anilines is 1. The van der Waals surface area contributed by atoms with Gasteiger partial charge in [0.05, 0.1) is 11.7 Å². The normalized spacial score (nSPS) is 11.7. The van der Waals surface area contributed by atoms with Crippen LogP contribution >= 0.6 is 0 Å². The monoisotopic (exact) mass is 316 g/mol. The van der Waals surface area contributed by atoms with Gasteiger partial charge in [-0.3, -0.25) is 0 Å². The molecule has 0 aliphatic heterocycles. The van der Waals surface area contributed by atoms with E-state index in [9.17, 15) is 20.1 Å². The smallest absolute Gasteiger partial charge is 0.319 e. The van der Waals surface area contributed by atoms with Crippen molar-refractivity contribution in [1.82, 2.24) is 5.32 Å². The highest BCUT2D eigenvalue weighted by Gasteiger charge is 2.12. The summed E-state index contributed by atoms with van der Waals surface area (Å²) in [6.07, 6.45) is 0.955. The van der Waals surface area contributed by atoms with Gasteiger partial charge in [0.2, 0.25) is 0 Å². The molecule has 0 aliphatic rings. The first-order chi connectivity index (χ1) is 10.9. The average molecular weight is 316 g/mol. The number of benzene rings is 2. The largest absolute Gasteiger partial charge is 0.504 e. The van der Waals surface area contributed by atoms with Gasteiger partial charge in [-0.15, -0.1) is 0 Å². The molecule has 0 radical (unpaired) electrons. The van der Waals surface area contributed by atoms with Crippen LogP contribution < -0.4 is 10.6 Å². The summed E-state index contributed by atoms with van der Waals surface area (Å²) in [5, 5.41) is 33.4. The molecule has 0 heterocycles. The molecule has 0 saturated heterocycles. The Morgan fingerprint density at radius 2 is 1.65 bits per heavy atom. The van der Waals surface area contributed by atoms with Gasteiger partial charge in [-0.25, -0.2) is 4.79 Å². The maximum Gasteiger partial charge on any atom is 0.319 e. The third-order valence-electron chi connectivity index (χ3n) is 3.56. The second-order valence-corrected chi connectivity index (χ2v) is 5.28. The summed E-state index contributed by atoms with van der Waals surface area (Å²) >= 11 is 0. The minimum atomic E-state index is -0.625. The van der Waals surface area contributed by atoms with Crippen LogP contribution in [-0.2, 0) is 6.42 Å². The maximum absolute atomic E-state index is 12.0. The van der Waals surface area contributed by atoms with Gasteiger partial charge in [0, 0.05) is 12.1 Å². The molecule has 6 nitrogen and oxygen atoms in total. The van der Waals surface area contributed by atoms with Crippen LogP contribution in [0.2, 0.25) is 0 Å². The van der Waals surface area contributed by atoms with E-state index in [1.807, 2.05) is 31.2 Å². The molecule has 1 atom stereocenters. The maximum atomic E-state index is 12.0. The number of nitrogens with one attached hydrogen (secondary N) is 2. The molecule has 5 N–H and O–H groups in total. The van der Waals surface area contributed by atoms with Gasteiger partial charge in [0.15, 0.2) is 17.2 Å². The Morgan fingerprint density at radius 3 is 2.17 bits per heavy atom. The molecular weight excluding hydrogens is 296 g/mol. The fraction of sp³-hybridized carbons (Fsp3) is 0.235. The standard InChI is InChI=1S/C17H20N2O4/c1-3-11-4-6-12(7-5-11)10(2)18-17(23)19-13-8-14(20)16(22)15(21)9-13/h4-10,20-22H,3H2,1-2H3,(H2,18,19,23). The summed E-state index contributed by atoms with van der Waals surface area (Å²) in [5.41, 5.74) is 2.36. The van der Waals surface area contributed by atoms with E-state index in [1.165, 1.54) is 5.56 Å². The first-order valence-corrected chi connectivity index (χ1v) is 7.32. The third kappa shape index (κ3) is 4.06. The van der Waals surface area contributed by atoms with Crippen LogP contribution in [0.15, 0.2) is 36.4 Å². The van der Waals surface area contributed by atoms with Crippen LogP contribution in [-0.4, -0.2) is 21.4 Å². The van der Waals surface area contributed by atoms with E-state index in [0.29, 0.717) is 0 Å². The van der Waals surface area contributed by atoms with E-state index in [2.05, 4.69) is 17.6 Å². The van der Waals surface area contributed by atoms with E-state index in [1.54, 1.807) is 0 Å². The molecule has 1 unspecified atom stereocenters. The summed E-state index contributed by atoms with van der Waals surface area (Å²) in [6.45, 7) is 3.93. The highest BCUT2D eigenvalue weighted by atomic mass is 16.3. The van der Waals surface area contributed by atoms with Gasteiger partial charge in [0.25, 0.3) is 0 Å². The number of aromatic hydroxyl groups is 3. The van der Waals surface area contributed by atoms with Crippen molar-refractivity contribution in [3.8, 4) is 17.2 Å². The third-order valence-corrected chi connectivity index (χ3v) is 3.56. The van der Waals surface area contributed by atoms with Crippen LogP contribution in [0, 0.1) is 0 Å². The van der Waals surface area contributed by atoms with Crippen molar-refractivity contribution in [3.05, 3.63) is 47.5 Å². The molecule has 0 fully saturated rings. The number of urea groups is 1. The first kappa shape index (κ1) is 16.5. The Morgan fingerprint density at radius 1 is 1.09 bits per heavy atom. The summed E-state index contributed by atoms with van der Waals surface area (Å²) in [7, 11) is 0. The molecule has 2 aromatic carbocycles. The van der Waals surface area contributed by atoms with Gasteiger partial charge in [-0.2, -0.15) is 0 Å². The van der Waals surface area contributed by atoms with Gasteiger partial charge in [-0.1, -0.05) is 31.2 Å². The molecule has 0 aromatic heterocycles. The van der Waals surface area contributed by atoms with Crippen LogP contribution in [0.5, 0.6) is 17.2 Å². The van der Waals surface area contributed by atoms with Crippen LogP contribution in [0.4, 0.5) is 10.5 Å². The number of carbonyl (C=O) groups excluding carboxylic acids is 1. The number of amides is 2. The number of rotatable bonds is 4. The zero-order valence-electron chi connectivity index (χ0n) is 13.0. The fourth-order valence-electron chi connectivity index (χ4n) is 2.17. The van der Waals surface area contributed by atoms with Crippen molar-refractivity contribution in [3.63, 3.8) is 0 Å². The Labute approximate surface area is 134 Å². The van der Waals surface area contributed by atoms with Crippen LogP contribution in [0.3, 0.4) is 0 Å². The van der Waals surface area contributed by atoms with E-state index in [4.69, 9.17) is 0 Å². The van der Waals surface area contributed by atoms with Crippen LogP contribution in [0.1, 0.15) is 31.0 Å². The Balaban J connectivity index is 2.01. The van der Waals surface area contributed by atoms with Crippen molar-refractivity contribution in [2.24, 2.45) is 0 Å². The molecule has 0 saturated carbocycles. The molecule has 0 bridgehead atoms. The summed E-state index contributed by atoms with van der Waals surface area (Å²) in [5.74, 6) is -1.65. The number of carbonyl (C=O) groups is 1. The lowest BCUT2D eigenvalue weighted by atomic mass is 10.1. The van der Waals surface area contributed by atoms with Crippen molar-refractivity contribution >= 4 is 11.7 Å². The van der Waals surface area contributed by atoms with Crippen molar-refractivity contribution in [2.75, 3.05) is 5.32 Å². The molecular formula is C17H20N2O4. The topological polar surface area (TPSA) is 102 Å². The van der Waals surface area contributed by atoms with Gasteiger partial charge >= 0.3 is 6.03 Å². The van der Waals surface area contributed by atoms with Gasteiger partial charge in [-0.05, 0) is 24.5 Å². The van der Waals surface area contributed by atoms with Crippen LogP contribution in [0.25, 0.3) is 0 Å². The summed E-state index contributed by atoms with van der Waals surface area (Å²) in [4.78, 5) is 12.0. The van der Waals surface area contributed by atoms with Crippen molar-refractivity contribution in [1.29, 1.82) is 0 Å². The minimum Gasteiger partial charge on any atom is -0.504 e. The predicted molar refractivity (Wildman–Crippen MR) is 87.8 cm³/mol. The first-order valence-electron chi connectivity index (χ1n) is 7.32. The predicted octanol–water partition coefficient (Wildman–Crippen LogP) is 3.25. The van der Waals surface area contributed by atoms with Gasteiger partial charge < -0.3 is 26.0 Å². The average Bonchev–Trinajstić information content (AvgIpc) is 2.52. The second kappa shape index (κ2) is 6.91. The van der Waals surface area contributed by atoms with E-state index in [-0.39, 0.29) is 11.7 Å². The fourth-order valence-corrected chi connectivity index (χ4v) is 2.17. The van der Waals surface area contributed by atoms with E-state index < -0.39 is 23.3 Å². The lowest BCUT2D eigenvalue weighted by Crippen LogP contribution is -2.31. The quantitative estimate of drug-likeness (QED) is 0.441. The highest BCUT2D eigenvalue weighted by molar-refractivity contribution is 5.90. The molecule has 122 valence electrons. The minimum absolute atomic E-state index is 0.170. The summed E-state index contributed by atoms with van der Waals surface area (Å²) in [6, 6.07) is 9.55. The zero-order chi connectivity index (χ0) is 17.0. The molecule has 2 amide bonds. The molecule has 23 heavy (non-hydrogen) atoms. The number of phenolic OH excluding ortho intramolecular Hbond substituents is 3. The lowest BCUT2D eigenvalue weighted by Gasteiger charge is -2.16.